The summed E-state index contributed by atoms with van der Waals surface area (Å²) in [6.07, 6.45) is 0.979. The second-order valence-electron chi connectivity index (χ2n) is 5.15. The molecule has 0 aromatic heterocycles. The summed E-state index contributed by atoms with van der Waals surface area (Å²) in [6.45, 7) is 4.59. The van der Waals surface area contributed by atoms with E-state index >= 15 is 0 Å². The fourth-order valence-corrected chi connectivity index (χ4v) is 2.22. The van der Waals surface area contributed by atoms with Gasteiger partial charge in [-0.2, -0.15) is 0 Å². The quantitative estimate of drug-likeness (QED) is 0.752. The van der Waals surface area contributed by atoms with Gasteiger partial charge in [0.2, 0.25) is 5.91 Å². The first-order chi connectivity index (χ1) is 8.99. The zero-order valence-electron chi connectivity index (χ0n) is 11.2. The van der Waals surface area contributed by atoms with Gasteiger partial charge in [0.25, 0.3) is 5.91 Å². The fraction of sp³-hybridized carbons (Fsp3) is 0.429. The molecule has 1 aromatic rings. The monoisotopic (exact) mass is 261 g/mol. The molecule has 0 radical (unpaired) electrons. The maximum absolute atomic E-state index is 12.1. The zero-order valence-corrected chi connectivity index (χ0v) is 11.2. The summed E-state index contributed by atoms with van der Waals surface area (Å²) >= 11 is 0. The molecule has 2 amide bonds. The Labute approximate surface area is 112 Å². The fourth-order valence-electron chi connectivity index (χ4n) is 2.22. The minimum atomic E-state index is -0.645. The van der Waals surface area contributed by atoms with Crippen molar-refractivity contribution in [3.8, 4) is 0 Å². The zero-order chi connectivity index (χ0) is 14.0. The van der Waals surface area contributed by atoms with Gasteiger partial charge in [0.05, 0.1) is 0 Å². The summed E-state index contributed by atoms with van der Waals surface area (Å²) < 4.78 is 0. The molecule has 4 N–H and O–H groups in total. The van der Waals surface area contributed by atoms with Crippen molar-refractivity contribution >= 4 is 17.5 Å². The maximum atomic E-state index is 12.1. The number of fused-ring (bicyclic) bond motifs is 1. The molecule has 0 fully saturated rings. The Bertz CT molecular complexity index is 511. The molecule has 0 bridgehead atoms. The third-order valence-corrected chi connectivity index (χ3v) is 3.34. The molecule has 1 aliphatic heterocycles. The number of hydrogen-bond donors (Lipinski definition) is 3. The summed E-state index contributed by atoms with van der Waals surface area (Å²) in [5.41, 5.74) is 8.04. The number of carbonyl (C=O) groups excluding carboxylic acids is 2. The Morgan fingerprint density at radius 1 is 1.37 bits per heavy atom. The van der Waals surface area contributed by atoms with Crippen LogP contribution in [0.2, 0.25) is 0 Å². The number of anilines is 1. The van der Waals surface area contributed by atoms with E-state index in [-0.39, 0.29) is 11.8 Å². The van der Waals surface area contributed by atoms with Crippen LogP contribution in [0.25, 0.3) is 0 Å². The highest BCUT2D eigenvalue weighted by molar-refractivity contribution is 5.98. The maximum Gasteiger partial charge on any atom is 0.252 e. The first-order valence-corrected chi connectivity index (χ1v) is 6.46. The van der Waals surface area contributed by atoms with E-state index in [1.54, 1.807) is 6.07 Å². The van der Waals surface area contributed by atoms with E-state index in [9.17, 15) is 9.59 Å². The van der Waals surface area contributed by atoms with Crippen LogP contribution in [0.5, 0.6) is 0 Å². The number of nitrogens with two attached hydrogens (primary N) is 1. The predicted octanol–water partition coefficient (Wildman–Crippen LogP) is 0.894. The molecule has 0 saturated heterocycles. The first-order valence-electron chi connectivity index (χ1n) is 6.46. The molecule has 1 atom stereocenters. The number of nitrogens with one attached hydrogen (secondary N) is 2. The lowest BCUT2D eigenvalue weighted by Crippen LogP contribution is -2.47. The standard InChI is InChI=1S/C14H19N3O2/c1-8(2)12(13(15)18)17-14(19)10-4-3-9-5-6-16-11(9)7-10/h3-4,7-8,12,16H,5-6H2,1-2H3,(H2,15,18)(H,17,19). The lowest BCUT2D eigenvalue weighted by molar-refractivity contribution is -0.120. The molecule has 5 nitrogen and oxygen atoms in total. The van der Waals surface area contributed by atoms with Crippen LogP contribution in [0.15, 0.2) is 18.2 Å². The lowest BCUT2D eigenvalue weighted by Gasteiger charge is -2.19. The van der Waals surface area contributed by atoms with Gasteiger partial charge in [0, 0.05) is 17.8 Å². The van der Waals surface area contributed by atoms with Crippen molar-refractivity contribution in [2.45, 2.75) is 26.3 Å². The number of primary amides is 1. The van der Waals surface area contributed by atoms with Crippen molar-refractivity contribution in [2.24, 2.45) is 11.7 Å². The van der Waals surface area contributed by atoms with Crippen molar-refractivity contribution in [2.75, 3.05) is 11.9 Å². The predicted molar refractivity (Wildman–Crippen MR) is 73.9 cm³/mol. The van der Waals surface area contributed by atoms with Crippen LogP contribution in [0, 0.1) is 5.92 Å². The lowest BCUT2D eigenvalue weighted by atomic mass is 10.0. The molecule has 0 aliphatic carbocycles. The summed E-state index contributed by atoms with van der Waals surface area (Å²) in [6, 6.07) is 4.89. The number of rotatable bonds is 4. The SMILES string of the molecule is CC(C)C(NC(=O)c1ccc2c(c1)NCC2)C(N)=O. The Hall–Kier alpha value is -2.04. The minimum Gasteiger partial charge on any atom is -0.384 e. The van der Waals surface area contributed by atoms with E-state index in [0.717, 1.165) is 18.7 Å². The molecule has 0 spiro atoms. The average molecular weight is 261 g/mol. The molecule has 2 rings (SSSR count). The van der Waals surface area contributed by atoms with Gasteiger partial charge in [-0.05, 0) is 30.0 Å². The van der Waals surface area contributed by atoms with Gasteiger partial charge in [0.15, 0.2) is 0 Å². The summed E-state index contributed by atoms with van der Waals surface area (Å²) in [5.74, 6) is -0.814. The van der Waals surface area contributed by atoms with Crippen molar-refractivity contribution in [1.82, 2.24) is 5.32 Å². The number of hydrogen-bond acceptors (Lipinski definition) is 3. The second-order valence-corrected chi connectivity index (χ2v) is 5.15. The van der Waals surface area contributed by atoms with Gasteiger partial charge < -0.3 is 16.4 Å². The molecular weight excluding hydrogens is 242 g/mol. The van der Waals surface area contributed by atoms with Crippen LogP contribution >= 0.6 is 0 Å². The van der Waals surface area contributed by atoms with Crippen LogP contribution in [-0.4, -0.2) is 24.4 Å². The largest absolute Gasteiger partial charge is 0.384 e. The van der Waals surface area contributed by atoms with Gasteiger partial charge in [-0.3, -0.25) is 9.59 Å². The number of benzene rings is 1. The molecule has 1 aromatic carbocycles. The Kier molecular flexibility index (Phi) is 3.74. The highest BCUT2D eigenvalue weighted by atomic mass is 16.2. The van der Waals surface area contributed by atoms with Crippen LogP contribution in [-0.2, 0) is 11.2 Å². The van der Waals surface area contributed by atoms with E-state index < -0.39 is 11.9 Å². The topological polar surface area (TPSA) is 84.2 Å². The molecule has 1 unspecified atom stereocenters. The molecule has 0 saturated carbocycles. The Morgan fingerprint density at radius 3 is 2.74 bits per heavy atom. The molecule has 19 heavy (non-hydrogen) atoms. The summed E-state index contributed by atoms with van der Waals surface area (Å²) in [4.78, 5) is 23.4. The number of amides is 2. The smallest absolute Gasteiger partial charge is 0.252 e. The van der Waals surface area contributed by atoms with Crippen LogP contribution in [0.3, 0.4) is 0 Å². The minimum absolute atomic E-state index is 0.0333. The molecule has 102 valence electrons. The van der Waals surface area contributed by atoms with Gasteiger partial charge in [-0.1, -0.05) is 19.9 Å². The third kappa shape index (κ3) is 2.86. The molecule has 1 aliphatic rings. The van der Waals surface area contributed by atoms with Crippen molar-refractivity contribution in [3.05, 3.63) is 29.3 Å². The van der Waals surface area contributed by atoms with Gasteiger partial charge >= 0.3 is 0 Å². The van der Waals surface area contributed by atoms with E-state index in [4.69, 9.17) is 5.73 Å². The average Bonchev–Trinajstić information content (AvgIpc) is 2.81. The summed E-state index contributed by atoms with van der Waals surface area (Å²) in [5, 5.41) is 5.90. The van der Waals surface area contributed by atoms with E-state index in [1.807, 2.05) is 26.0 Å². The Morgan fingerprint density at radius 2 is 2.11 bits per heavy atom. The second kappa shape index (κ2) is 5.30. The first kappa shape index (κ1) is 13.4. The van der Waals surface area contributed by atoms with Gasteiger partial charge in [-0.25, -0.2) is 0 Å². The van der Waals surface area contributed by atoms with E-state index in [0.29, 0.717) is 5.56 Å². The van der Waals surface area contributed by atoms with Crippen LogP contribution in [0.4, 0.5) is 5.69 Å². The van der Waals surface area contributed by atoms with Crippen LogP contribution < -0.4 is 16.4 Å². The highest BCUT2D eigenvalue weighted by Gasteiger charge is 2.22. The van der Waals surface area contributed by atoms with Gasteiger partial charge in [0.1, 0.15) is 6.04 Å². The van der Waals surface area contributed by atoms with E-state index in [1.165, 1.54) is 5.56 Å². The van der Waals surface area contributed by atoms with Crippen molar-refractivity contribution < 1.29 is 9.59 Å². The molecular formula is C14H19N3O2. The van der Waals surface area contributed by atoms with E-state index in [2.05, 4.69) is 10.6 Å². The van der Waals surface area contributed by atoms with Gasteiger partial charge in [-0.15, -0.1) is 0 Å². The summed E-state index contributed by atoms with van der Waals surface area (Å²) in [7, 11) is 0. The van der Waals surface area contributed by atoms with Crippen molar-refractivity contribution in [3.63, 3.8) is 0 Å². The number of carbonyl (C=O) groups is 2. The normalized spacial score (nSPS) is 14.7. The Balaban J connectivity index is 2.13. The van der Waals surface area contributed by atoms with Crippen LogP contribution in [0.1, 0.15) is 29.8 Å². The highest BCUT2D eigenvalue weighted by Crippen LogP contribution is 2.23. The molecule has 5 heteroatoms. The van der Waals surface area contributed by atoms with Crippen molar-refractivity contribution in [1.29, 1.82) is 0 Å². The third-order valence-electron chi connectivity index (χ3n) is 3.34. The molecule has 1 heterocycles.